The van der Waals surface area contributed by atoms with Crippen LogP contribution in [0.2, 0.25) is 0 Å². The number of halogens is 1. The summed E-state index contributed by atoms with van der Waals surface area (Å²) in [5.41, 5.74) is 1.99. The van der Waals surface area contributed by atoms with Crippen molar-refractivity contribution in [2.75, 3.05) is 26.3 Å². The van der Waals surface area contributed by atoms with Crippen molar-refractivity contribution in [3.8, 4) is 11.5 Å². The minimum atomic E-state index is -0.246. The van der Waals surface area contributed by atoms with Crippen LogP contribution in [0.3, 0.4) is 0 Å². The number of piperazine rings is 1. The quantitative estimate of drug-likeness (QED) is 0.138. The lowest BCUT2D eigenvalue weighted by Crippen LogP contribution is -2.58. The zero-order valence-electron chi connectivity index (χ0n) is 25.8. The van der Waals surface area contributed by atoms with E-state index in [1.54, 1.807) is 42.5 Å². The first-order valence-electron chi connectivity index (χ1n) is 15.6. The van der Waals surface area contributed by atoms with E-state index in [4.69, 9.17) is 9.47 Å². The standard InChI is InChI=1S/C36H45FN2O4/c1-4-5-6-7-8-12-21-42-32-19-20-33(36(41)30-13-10-9-11-14-30)34(22-32)43-26-35(40)39-24-27(2)38(23-28(39)3)25-29-15-17-31(37)18-16-29/h9-11,13-20,22,27-28H,4-8,12,21,23-26H2,1-3H3. The van der Waals surface area contributed by atoms with E-state index in [0.717, 1.165) is 18.4 Å². The molecule has 3 aromatic carbocycles. The summed E-state index contributed by atoms with van der Waals surface area (Å²) < 4.78 is 25.4. The van der Waals surface area contributed by atoms with Crippen LogP contribution in [0.5, 0.6) is 11.5 Å². The van der Waals surface area contributed by atoms with Crippen molar-refractivity contribution in [1.29, 1.82) is 0 Å². The minimum Gasteiger partial charge on any atom is -0.493 e. The summed E-state index contributed by atoms with van der Waals surface area (Å²) in [4.78, 5) is 30.9. The number of hydrogen-bond acceptors (Lipinski definition) is 5. The molecule has 4 rings (SSSR count). The second-order valence-electron chi connectivity index (χ2n) is 11.6. The van der Waals surface area contributed by atoms with Crippen LogP contribution >= 0.6 is 0 Å². The Labute approximate surface area is 255 Å². The second-order valence-corrected chi connectivity index (χ2v) is 11.6. The van der Waals surface area contributed by atoms with Gasteiger partial charge in [0.25, 0.3) is 5.91 Å². The summed E-state index contributed by atoms with van der Waals surface area (Å²) in [5, 5.41) is 0. The van der Waals surface area contributed by atoms with Crippen LogP contribution in [0.1, 0.15) is 80.8 Å². The third kappa shape index (κ3) is 9.39. The maximum Gasteiger partial charge on any atom is 0.260 e. The van der Waals surface area contributed by atoms with Gasteiger partial charge in [-0.25, -0.2) is 4.39 Å². The third-order valence-corrected chi connectivity index (χ3v) is 8.09. The van der Waals surface area contributed by atoms with Gasteiger partial charge in [-0.3, -0.25) is 14.5 Å². The molecule has 43 heavy (non-hydrogen) atoms. The van der Waals surface area contributed by atoms with E-state index in [2.05, 4.69) is 18.7 Å². The summed E-state index contributed by atoms with van der Waals surface area (Å²) in [5.74, 6) is 0.429. The van der Waals surface area contributed by atoms with Gasteiger partial charge in [0, 0.05) is 43.3 Å². The molecule has 1 heterocycles. The molecule has 6 nitrogen and oxygen atoms in total. The van der Waals surface area contributed by atoms with Gasteiger partial charge in [0.2, 0.25) is 0 Å². The molecule has 230 valence electrons. The predicted octanol–water partition coefficient (Wildman–Crippen LogP) is 7.30. The fourth-order valence-corrected chi connectivity index (χ4v) is 5.53. The van der Waals surface area contributed by atoms with Crippen LogP contribution in [0.4, 0.5) is 4.39 Å². The van der Waals surface area contributed by atoms with Gasteiger partial charge in [0.05, 0.1) is 12.2 Å². The number of nitrogens with zero attached hydrogens (tertiary/aromatic N) is 2. The van der Waals surface area contributed by atoms with Crippen LogP contribution in [-0.4, -0.2) is 59.9 Å². The molecule has 3 aromatic rings. The maximum absolute atomic E-state index is 13.4. The predicted molar refractivity (Wildman–Crippen MR) is 168 cm³/mol. The van der Waals surface area contributed by atoms with E-state index in [1.165, 1.54) is 37.8 Å². The third-order valence-electron chi connectivity index (χ3n) is 8.09. The lowest BCUT2D eigenvalue weighted by Gasteiger charge is -2.44. The zero-order valence-corrected chi connectivity index (χ0v) is 25.8. The summed E-state index contributed by atoms with van der Waals surface area (Å²) in [7, 11) is 0. The first kappa shape index (κ1) is 32.2. The molecule has 0 radical (unpaired) electrons. The number of benzene rings is 3. The Morgan fingerprint density at radius 1 is 0.837 bits per heavy atom. The number of ether oxygens (including phenoxy) is 2. The zero-order chi connectivity index (χ0) is 30.6. The van der Waals surface area contributed by atoms with Gasteiger partial charge in [0.1, 0.15) is 17.3 Å². The first-order chi connectivity index (χ1) is 20.9. The number of hydrogen-bond donors (Lipinski definition) is 0. The summed E-state index contributed by atoms with van der Waals surface area (Å²) >= 11 is 0. The van der Waals surface area contributed by atoms with Gasteiger partial charge in [0.15, 0.2) is 12.4 Å². The molecule has 1 aliphatic heterocycles. The molecule has 1 saturated heterocycles. The highest BCUT2D eigenvalue weighted by Crippen LogP contribution is 2.28. The Balaban J connectivity index is 1.39. The van der Waals surface area contributed by atoms with E-state index in [0.29, 0.717) is 48.9 Å². The lowest BCUT2D eigenvalue weighted by molar-refractivity contribution is -0.139. The van der Waals surface area contributed by atoms with Crippen LogP contribution < -0.4 is 9.47 Å². The fraction of sp³-hybridized carbons (Fsp3) is 0.444. The van der Waals surface area contributed by atoms with Gasteiger partial charge >= 0.3 is 0 Å². The molecule has 0 N–H and O–H groups in total. The Hall–Kier alpha value is -3.71. The Morgan fingerprint density at radius 3 is 2.30 bits per heavy atom. The van der Waals surface area contributed by atoms with Crippen molar-refractivity contribution < 1.29 is 23.5 Å². The molecule has 1 aliphatic rings. The number of amides is 1. The minimum absolute atomic E-state index is 0.0230. The molecule has 2 atom stereocenters. The molecule has 0 spiro atoms. The number of unbranched alkanes of at least 4 members (excludes halogenated alkanes) is 5. The Morgan fingerprint density at radius 2 is 1.56 bits per heavy atom. The highest BCUT2D eigenvalue weighted by atomic mass is 19.1. The average molecular weight is 589 g/mol. The van der Waals surface area contributed by atoms with Crippen LogP contribution in [0.15, 0.2) is 72.8 Å². The van der Waals surface area contributed by atoms with Crippen LogP contribution in [0.25, 0.3) is 0 Å². The second kappa shape index (κ2) is 16.2. The molecule has 7 heteroatoms. The van der Waals surface area contributed by atoms with Crippen molar-refractivity contribution >= 4 is 11.7 Å². The van der Waals surface area contributed by atoms with Gasteiger partial charge in [-0.1, -0.05) is 81.5 Å². The fourth-order valence-electron chi connectivity index (χ4n) is 5.53. The van der Waals surface area contributed by atoms with Crippen molar-refractivity contribution in [3.05, 3.63) is 95.3 Å². The monoisotopic (exact) mass is 588 g/mol. The highest BCUT2D eigenvalue weighted by molar-refractivity contribution is 6.10. The summed E-state index contributed by atoms with van der Waals surface area (Å²) in [6, 6.07) is 21.0. The molecule has 2 unspecified atom stereocenters. The number of ketones is 1. The first-order valence-corrected chi connectivity index (χ1v) is 15.6. The Kier molecular flexibility index (Phi) is 12.2. The van der Waals surface area contributed by atoms with E-state index in [1.807, 2.05) is 30.0 Å². The molecular weight excluding hydrogens is 543 g/mol. The van der Waals surface area contributed by atoms with Crippen molar-refractivity contribution in [2.24, 2.45) is 0 Å². The largest absolute Gasteiger partial charge is 0.493 e. The van der Waals surface area contributed by atoms with Crippen LogP contribution in [-0.2, 0) is 11.3 Å². The Bertz CT molecular complexity index is 1310. The van der Waals surface area contributed by atoms with Gasteiger partial charge in [-0.15, -0.1) is 0 Å². The molecule has 0 aliphatic carbocycles. The van der Waals surface area contributed by atoms with E-state index in [-0.39, 0.29) is 36.2 Å². The maximum atomic E-state index is 13.4. The number of carbonyl (C=O) groups is 2. The molecular formula is C36H45FN2O4. The summed E-state index contributed by atoms with van der Waals surface area (Å²) in [6.07, 6.45) is 7.03. The molecule has 0 bridgehead atoms. The van der Waals surface area contributed by atoms with E-state index in [9.17, 15) is 14.0 Å². The van der Waals surface area contributed by atoms with Crippen molar-refractivity contribution in [3.63, 3.8) is 0 Å². The smallest absolute Gasteiger partial charge is 0.260 e. The normalized spacial score (nSPS) is 17.1. The van der Waals surface area contributed by atoms with Crippen LogP contribution in [0, 0.1) is 5.82 Å². The molecule has 1 amide bonds. The van der Waals surface area contributed by atoms with Gasteiger partial charge < -0.3 is 14.4 Å². The van der Waals surface area contributed by atoms with Gasteiger partial charge in [-0.05, 0) is 50.1 Å². The lowest BCUT2D eigenvalue weighted by atomic mass is 10.0. The molecule has 0 aromatic heterocycles. The van der Waals surface area contributed by atoms with Crippen molar-refractivity contribution in [2.45, 2.75) is 77.9 Å². The summed E-state index contributed by atoms with van der Waals surface area (Å²) in [6.45, 7) is 8.70. The van der Waals surface area contributed by atoms with E-state index >= 15 is 0 Å². The topological polar surface area (TPSA) is 59.1 Å². The number of carbonyl (C=O) groups excluding carboxylic acids is 2. The molecule has 0 saturated carbocycles. The van der Waals surface area contributed by atoms with Gasteiger partial charge in [-0.2, -0.15) is 0 Å². The average Bonchev–Trinajstić information content (AvgIpc) is 3.02. The SMILES string of the molecule is CCCCCCCCOc1ccc(C(=O)c2ccccc2)c(OCC(=O)N2CC(C)N(Cc3ccc(F)cc3)CC2C)c1. The molecule has 1 fully saturated rings. The number of rotatable bonds is 15. The highest BCUT2D eigenvalue weighted by Gasteiger charge is 2.32. The van der Waals surface area contributed by atoms with Crippen molar-refractivity contribution in [1.82, 2.24) is 9.80 Å². The van der Waals surface area contributed by atoms with E-state index < -0.39 is 0 Å².